The second kappa shape index (κ2) is 6.59. The zero-order chi connectivity index (χ0) is 11.1. The minimum Gasteiger partial charge on any atom is -0.395 e. The molecule has 0 radical (unpaired) electrons. The molecule has 1 aromatic carbocycles. The highest BCUT2D eigenvalue weighted by Gasteiger charge is 2.03. The lowest BCUT2D eigenvalue weighted by Crippen LogP contribution is -2.27. The van der Waals surface area contributed by atoms with Crippen LogP contribution in [0.4, 0.5) is 0 Å². The van der Waals surface area contributed by atoms with Gasteiger partial charge in [0.2, 0.25) is 0 Å². The number of aliphatic hydroxyl groups excluding tert-OH is 1. The quantitative estimate of drug-likeness (QED) is 0.773. The molecular formula is C13H21NO. The van der Waals surface area contributed by atoms with E-state index in [0.29, 0.717) is 0 Å². The maximum Gasteiger partial charge on any atom is 0.0558 e. The largest absolute Gasteiger partial charge is 0.395 e. The van der Waals surface area contributed by atoms with Gasteiger partial charge in [0.1, 0.15) is 0 Å². The van der Waals surface area contributed by atoms with Gasteiger partial charge in [-0.05, 0) is 25.5 Å². The van der Waals surface area contributed by atoms with Gasteiger partial charge in [0.25, 0.3) is 0 Å². The van der Waals surface area contributed by atoms with Gasteiger partial charge in [0, 0.05) is 13.1 Å². The summed E-state index contributed by atoms with van der Waals surface area (Å²) in [4.78, 5) is 2.28. The van der Waals surface area contributed by atoms with Crippen LogP contribution in [0.15, 0.2) is 24.3 Å². The molecule has 1 N–H and O–H groups in total. The van der Waals surface area contributed by atoms with Crippen molar-refractivity contribution in [3.05, 3.63) is 35.4 Å². The zero-order valence-corrected chi connectivity index (χ0v) is 9.74. The molecule has 0 unspecified atom stereocenters. The standard InChI is InChI=1S/C13H21NO/c1-3-8-14(9-10-15)11-13-6-4-12(2)5-7-13/h4-7,15H,3,8-11H2,1-2H3. The van der Waals surface area contributed by atoms with Crippen molar-refractivity contribution in [2.75, 3.05) is 19.7 Å². The van der Waals surface area contributed by atoms with Crippen molar-refractivity contribution in [3.8, 4) is 0 Å². The molecule has 0 amide bonds. The van der Waals surface area contributed by atoms with Gasteiger partial charge in [0.05, 0.1) is 6.61 Å². The third-order valence-electron chi connectivity index (χ3n) is 2.48. The molecule has 0 spiro atoms. The molecule has 1 rings (SSSR count). The van der Waals surface area contributed by atoms with Crippen LogP contribution in [0.25, 0.3) is 0 Å². The minimum absolute atomic E-state index is 0.242. The number of hydrogen-bond acceptors (Lipinski definition) is 2. The van der Waals surface area contributed by atoms with E-state index in [1.54, 1.807) is 0 Å². The van der Waals surface area contributed by atoms with Crippen LogP contribution in [0.2, 0.25) is 0 Å². The molecule has 0 aromatic heterocycles. The first-order valence-electron chi connectivity index (χ1n) is 5.65. The first-order valence-corrected chi connectivity index (χ1v) is 5.65. The molecule has 84 valence electrons. The summed E-state index contributed by atoms with van der Waals surface area (Å²) in [7, 11) is 0. The van der Waals surface area contributed by atoms with Crippen LogP contribution in [0.5, 0.6) is 0 Å². The minimum atomic E-state index is 0.242. The summed E-state index contributed by atoms with van der Waals surface area (Å²) in [6, 6.07) is 8.60. The third-order valence-corrected chi connectivity index (χ3v) is 2.48. The molecule has 15 heavy (non-hydrogen) atoms. The smallest absolute Gasteiger partial charge is 0.0558 e. The Bertz CT molecular complexity index is 262. The van der Waals surface area contributed by atoms with Crippen LogP contribution in [0.3, 0.4) is 0 Å². The second-order valence-corrected chi connectivity index (χ2v) is 3.99. The normalized spacial score (nSPS) is 10.9. The Kier molecular flexibility index (Phi) is 5.37. The summed E-state index contributed by atoms with van der Waals surface area (Å²) in [6.07, 6.45) is 1.13. The molecule has 0 aliphatic rings. The Morgan fingerprint density at radius 2 is 1.80 bits per heavy atom. The molecule has 0 atom stereocenters. The highest BCUT2D eigenvalue weighted by atomic mass is 16.3. The van der Waals surface area contributed by atoms with E-state index in [9.17, 15) is 0 Å². The molecule has 2 heteroatoms. The number of aryl methyl sites for hydroxylation is 1. The van der Waals surface area contributed by atoms with Crippen LogP contribution < -0.4 is 0 Å². The number of aliphatic hydroxyl groups is 1. The molecule has 2 nitrogen and oxygen atoms in total. The van der Waals surface area contributed by atoms with Crippen molar-refractivity contribution in [2.24, 2.45) is 0 Å². The topological polar surface area (TPSA) is 23.5 Å². The van der Waals surface area contributed by atoms with Gasteiger partial charge in [-0.3, -0.25) is 4.90 Å². The molecule has 1 aromatic rings. The van der Waals surface area contributed by atoms with E-state index >= 15 is 0 Å². The Morgan fingerprint density at radius 1 is 1.13 bits per heavy atom. The van der Waals surface area contributed by atoms with Crippen LogP contribution in [0, 0.1) is 6.92 Å². The van der Waals surface area contributed by atoms with Gasteiger partial charge >= 0.3 is 0 Å². The summed E-state index contributed by atoms with van der Waals surface area (Å²) in [6.45, 7) is 7.26. The summed E-state index contributed by atoms with van der Waals surface area (Å²) < 4.78 is 0. The fraction of sp³-hybridized carbons (Fsp3) is 0.538. The van der Waals surface area contributed by atoms with Gasteiger partial charge in [-0.25, -0.2) is 0 Å². The number of rotatable bonds is 6. The summed E-state index contributed by atoms with van der Waals surface area (Å²) >= 11 is 0. The molecule has 0 aliphatic heterocycles. The van der Waals surface area contributed by atoms with Gasteiger partial charge in [-0.15, -0.1) is 0 Å². The van der Waals surface area contributed by atoms with Crippen LogP contribution in [-0.2, 0) is 6.54 Å². The van der Waals surface area contributed by atoms with Crippen molar-refractivity contribution in [1.82, 2.24) is 4.90 Å². The van der Waals surface area contributed by atoms with Crippen molar-refractivity contribution in [3.63, 3.8) is 0 Å². The van der Waals surface area contributed by atoms with Gasteiger partial charge in [-0.1, -0.05) is 36.8 Å². The fourth-order valence-corrected chi connectivity index (χ4v) is 1.68. The lowest BCUT2D eigenvalue weighted by molar-refractivity contribution is 0.190. The average molecular weight is 207 g/mol. The van der Waals surface area contributed by atoms with Gasteiger partial charge in [0.15, 0.2) is 0 Å². The number of hydrogen-bond donors (Lipinski definition) is 1. The van der Waals surface area contributed by atoms with Crippen LogP contribution >= 0.6 is 0 Å². The van der Waals surface area contributed by atoms with Crippen molar-refractivity contribution >= 4 is 0 Å². The van der Waals surface area contributed by atoms with E-state index in [0.717, 1.165) is 26.1 Å². The van der Waals surface area contributed by atoms with E-state index in [-0.39, 0.29) is 6.61 Å². The molecule has 0 bridgehead atoms. The number of nitrogens with zero attached hydrogens (tertiary/aromatic N) is 1. The Labute approximate surface area is 92.5 Å². The maximum atomic E-state index is 8.94. The molecule has 0 heterocycles. The number of benzene rings is 1. The summed E-state index contributed by atoms with van der Waals surface area (Å²) in [5.74, 6) is 0. The van der Waals surface area contributed by atoms with Crippen LogP contribution in [0.1, 0.15) is 24.5 Å². The van der Waals surface area contributed by atoms with Crippen molar-refractivity contribution < 1.29 is 5.11 Å². The van der Waals surface area contributed by atoms with Crippen molar-refractivity contribution in [1.29, 1.82) is 0 Å². The lowest BCUT2D eigenvalue weighted by atomic mass is 10.1. The molecular weight excluding hydrogens is 186 g/mol. The third kappa shape index (κ3) is 4.45. The van der Waals surface area contributed by atoms with E-state index in [1.165, 1.54) is 11.1 Å². The summed E-state index contributed by atoms with van der Waals surface area (Å²) in [5, 5.41) is 8.94. The van der Waals surface area contributed by atoms with E-state index < -0.39 is 0 Å². The zero-order valence-electron chi connectivity index (χ0n) is 9.74. The Morgan fingerprint density at radius 3 is 2.33 bits per heavy atom. The monoisotopic (exact) mass is 207 g/mol. The predicted molar refractivity (Wildman–Crippen MR) is 63.8 cm³/mol. The first kappa shape index (κ1) is 12.2. The molecule has 0 saturated carbocycles. The second-order valence-electron chi connectivity index (χ2n) is 3.99. The average Bonchev–Trinajstić information content (AvgIpc) is 2.22. The molecule has 0 fully saturated rings. The van der Waals surface area contributed by atoms with E-state index in [4.69, 9.17) is 5.11 Å². The Balaban J connectivity index is 2.53. The fourth-order valence-electron chi connectivity index (χ4n) is 1.68. The first-order chi connectivity index (χ1) is 7.26. The lowest BCUT2D eigenvalue weighted by Gasteiger charge is -2.20. The summed E-state index contributed by atoms with van der Waals surface area (Å²) in [5.41, 5.74) is 2.62. The molecule has 0 saturated heterocycles. The van der Waals surface area contributed by atoms with Gasteiger partial charge < -0.3 is 5.11 Å². The van der Waals surface area contributed by atoms with E-state index in [2.05, 4.69) is 43.0 Å². The highest BCUT2D eigenvalue weighted by molar-refractivity contribution is 5.21. The van der Waals surface area contributed by atoms with Crippen molar-refractivity contribution in [2.45, 2.75) is 26.8 Å². The van der Waals surface area contributed by atoms with E-state index in [1.807, 2.05) is 0 Å². The SMILES string of the molecule is CCCN(CCO)Cc1ccc(C)cc1. The van der Waals surface area contributed by atoms with Crippen LogP contribution in [-0.4, -0.2) is 29.7 Å². The highest BCUT2D eigenvalue weighted by Crippen LogP contribution is 2.07. The Hall–Kier alpha value is -0.860. The molecule has 0 aliphatic carbocycles. The van der Waals surface area contributed by atoms with Gasteiger partial charge in [-0.2, -0.15) is 0 Å². The predicted octanol–water partition coefficient (Wildman–Crippen LogP) is 2.20. The maximum absolute atomic E-state index is 8.94.